The summed E-state index contributed by atoms with van der Waals surface area (Å²) in [4.78, 5) is 32.0. The molecule has 1 aromatic heterocycles. The van der Waals surface area contributed by atoms with Crippen molar-refractivity contribution in [2.24, 2.45) is 0 Å². The largest absolute Gasteiger partial charge is 0.440 e. The van der Waals surface area contributed by atoms with Gasteiger partial charge >= 0.3 is 6.09 Å². The fourth-order valence-corrected chi connectivity index (χ4v) is 5.04. The standard InChI is InChI=1S/C28H23N3O3/c32-26(30-23-11-4-9-19-10-5-18-29-24(19)23)21-12-14-22(15-13-21)31-25(20-7-2-1-3-8-20)28(16-6-17-28)34-27(31)33/h1-5,7-15,18,25H,6,16-17H2,(H,30,32). The van der Waals surface area contributed by atoms with Crippen molar-refractivity contribution in [2.45, 2.75) is 30.9 Å². The van der Waals surface area contributed by atoms with Crippen LogP contribution in [-0.2, 0) is 4.74 Å². The van der Waals surface area contributed by atoms with Gasteiger partial charge in [0.2, 0.25) is 0 Å². The maximum atomic E-state index is 13.0. The van der Waals surface area contributed by atoms with Gasteiger partial charge in [-0.1, -0.05) is 48.5 Å². The first-order valence-corrected chi connectivity index (χ1v) is 11.5. The number of benzene rings is 3. The zero-order valence-corrected chi connectivity index (χ0v) is 18.5. The van der Waals surface area contributed by atoms with Crippen LogP contribution in [0.1, 0.15) is 41.2 Å². The molecular weight excluding hydrogens is 426 g/mol. The fraction of sp³-hybridized carbons (Fsp3) is 0.179. The number of carbonyl (C=O) groups excluding carboxylic acids is 2. The van der Waals surface area contributed by atoms with Crippen molar-refractivity contribution in [1.29, 1.82) is 0 Å². The molecule has 1 saturated heterocycles. The van der Waals surface area contributed by atoms with Crippen LogP contribution in [0.15, 0.2) is 91.1 Å². The van der Waals surface area contributed by atoms with Crippen molar-refractivity contribution in [3.05, 3.63) is 102 Å². The van der Waals surface area contributed by atoms with E-state index in [1.165, 1.54) is 0 Å². The topological polar surface area (TPSA) is 71.5 Å². The quantitative estimate of drug-likeness (QED) is 0.408. The first-order chi connectivity index (χ1) is 16.6. The second kappa shape index (κ2) is 7.99. The van der Waals surface area contributed by atoms with Gasteiger partial charge in [-0.05, 0) is 61.2 Å². The molecule has 2 fully saturated rings. The fourth-order valence-electron chi connectivity index (χ4n) is 5.04. The lowest BCUT2D eigenvalue weighted by Gasteiger charge is -2.41. The minimum Gasteiger partial charge on any atom is -0.440 e. The van der Waals surface area contributed by atoms with Crippen LogP contribution in [0.3, 0.4) is 0 Å². The number of carbonyl (C=O) groups is 2. The second-order valence-electron chi connectivity index (χ2n) is 8.85. The highest BCUT2D eigenvalue weighted by atomic mass is 16.6. The zero-order valence-electron chi connectivity index (χ0n) is 18.5. The van der Waals surface area contributed by atoms with Gasteiger partial charge in [-0.2, -0.15) is 0 Å². The molecule has 1 atom stereocenters. The molecule has 3 aromatic carbocycles. The summed E-state index contributed by atoms with van der Waals surface area (Å²) >= 11 is 0. The van der Waals surface area contributed by atoms with Gasteiger partial charge in [0, 0.05) is 22.8 Å². The van der Waals surface area contributed by atoms with Crippen LogP contribution in [0.4, 0.5) is 16.2 Å². The molecule has 6 rings (SSSR count). The van der Waals surface area contributed by atoms with Crippen LogP contribution in [-0.4, -0.2) is 22.6 Å². The molecule has 0 radical (unpaired) electrons. The lowest BCUT2D eigenvalue weighted by Crippen LogP contribution is -2.44. The summed E-state index contributed by atoms with van der Waals surface area (Å²) in [6.07, 6.45) is 4.13. The summed E-state index contributed by atoms with van der Waals surface area (Å²) in [6.45, 7) is 0. The van der Waals surface area contributed by atoms with E-state index in [1.807, 2.05) is 72.8 Å². The van der Waals surface area contributed by atoms with E-state index in [0.717, 1.165) is 35.7 Å². The van der Waals surface area contributed by atoms with Crippen LogP contribution < -0.4 is 10.2 Å². The summed E-state index contributed by atoms with van der Waals surface area (Å²) in [6, 6.07) is 26.5. The number of fused-ring (bicyclic) bond motifs is 1. The van der Waals surface area contributed by atoms with E-state index >= 15 is 0 Å². The van der Waals surface area contributed by atoms with Gasteiger partial charge < -0.3 is 10.1 Å². The lowest BCUT2D eigenvalue weighted by atomic mass is 9.72. The molecule has 0 bridgehead atoms. The normalized spacial score (nSPS) is 18.5. The highest BCUT2D eigenvalue weighted by molar-refractivity contribution is 6.08. The Morgan fingerprint density at radius 1 is 0.941 bits per heavy atom. The van der Waals surface area contributed by atoms with Gasteiger partial charge in [0.05, 0.1) is 11.2 Å². The van der Waals surface area contributed by atoms with Crippen molar-refractivity contribution in [3.63, 3.8) is 0 Å². The molecular formula is C28H23N3O3. The summed E-state index contributed by atoms with van der Waals surface area (Å²) in [7, 11) is 0. The van der Waals surface area contributed by atoms with E-state index < -0.39 is 5.60 Å². The van der Waals surface area contributed by atoms with E-state index in [1.54, 1.807) is 23.2 Å². The third-order valence-electron chi connectivity index (χ3n) is 6.85. The maximum absolute atomic E-state index is 13.0. The smallest absolute Gasteiger partial charge is 0.415 e. The van der Waals surface area contributed by atoms with Crippen LogP contribution in [0.2, 0.25) is 0 Å². The molecule has 168 valence electrons. The molecule has 4 aromatic rings. The van der Waals surface area contributed by atoms with E-state index in [4.69, 9.17) is 4.74 Å². The molecule has 1 unspecified atom stereocenters. The first-order valence-electron chi connectivity index (χ1n) is 11.5. The van der Waals surface area contributed by atoms with Gasteiger partial charge in [-0.3, -0.25) is 14.7 Å². The van der Waals surface area contributed by atoms with Gasteiger partial charge in [-0.25, -0.2) is 4.79 Å². The number of pyridine rings is 1. The lowest BCUT2D eigenvalue weighted by molar-refractivity contribution is -0.0290. The maximum Gasteiger partial charge on any atom is 0.415 e. The molecule has 1 aliphatic carbocycles. The Morgan fingerprint density at radius 3 is 2.44 bits per heavy atom. The van der Waals surface area contributed by atoms with Crippen molar-refractivity contribution in [3.8, 4) is 0 Å². The number of ether oxygens (including phenoxy) is 1. The molecule has 1 aliphatic heterocycles. The number of nitrogens with one attached hydrogen (secondary N) is 1. The summed E-state index contributed by atoms with van der Waals surface area (Å²) < 4.78 is 5.92. The van der Waals surface area contributed by atoms with E-state index in [-0.39, 0.29) is 18.0 Å². The number of hydrogen-bond donors (Lipinski definition) is 1. The Morgan fingerprint density at radius 2 is 1.71 bits per heavy atom. The van der Waals surface area contributed by atoms with Crippen molar-refractivity contribution in [2.75, 3.05) is 10.2 Å². The molecule has 6 heteroatoms. The average Bonchev–Trinajstić information content (AvgIpc) is 3.18. The molecule has 1 spiro atoms. The highest BCUT2D eigenvalue weighted by Gasteiger charge is 2.58. The Bertz CT molecular complexity index is 1380. The second-order valence-corrected chi connectivity index (χ2v) is 8.85. The predicted molar refractivity (Wildman–Crippen MR) is 131 cm³/mol. The number of para-hydroxylation sites is 1. The Hall–Kier alpha value is -4.19. The molecule has 1 N–H and O–H groups in total. The Labute approximate surface area is 197 Å². The van der Waals surface area contributed by atoms with Crippen molar-refractivity contribution >= 4 is 34.3 Å². The minimum atomic E-state index is -0.476. The average molecular weight is 450 g/mol. The number of hydrogen-bond acceptors (Lipinski definition) is 4. The van der Waals surface area contributed by atoms with Crippen molar-refractivity contribution in [1.82, 2.24) is 4.98 Å². The molecule has 1 saturated carbocycles. The first kappa shape index (κ1) is 20.4. The summed E-state index contributed by atoms with van der Waals surface area (Å²) in [5.74, 6) is -0.233. The number of aromatic nitrogens is 1. The van der Waals surface area contributed by atoms with E-state index in [9.17, 15) is 9.59 Å². The molecule has 6 nitrogen and oxygen atoms in total. The highest BCUT2D eigenvalue weighted by Crippen LogP contribution is 2.53. The summed E-state index contributed by atoms with van der Waals surface area (Å²) in [5, 5.41) is 3.92. The zero-order chi connectivity index (χ0) is 23.1. The SMILES string of the molecule is O=C(Nc1cccc2cccnc12)c1ccc(N2C(=O)OC3(CCC3)C2c2ccccc2)cc1. The molecule has 34 heavy (non-hydrogen) atoms. The Kier molecular flexibility index (Phi) is 4.80. The van der Waals surface area contributed by atoms with Crippen LogP contribution >= 0.6 is 0 Å². The van der Waals surface area contributed by atoms with Crippen LogP contribution in [0.25, 0.3) is 10.9 Å². The van der Waals surface area contributed by atoms with Crippen LogP contribution in [0.5, 0.6) is 0 Å². The third-order valence-corrected chi connectivity index (χ3v) is 6.85. The van der Waals surface area contributed by atoms with E-state index in [2.05, 4.69) is 10.3 Å². The monoisotopic (exact) mass is 449 g/mol. The number of anilines is 2. The minimum absolute atomic E-state index is 0.184. The molecule has 2 aliphatic rings. The number of amides is 2. The number of nitrogens with zero attached hydrogens (tertiary/aromatic N) is 2. The predicted octanol–water partition coefficient (Wildman–Crippen LogP) is 6.11. The Balaban J connectivity index is 1.28. The summed E-state index contributed by atoms with van der Waals surface area (Å²) in [5.41, 5.74) is 3.19. The van der Waals surface area contributed by atoms with Crippen LogP contribution in [0, 0.1) is 0 Å². The van der Waals surface area contributed by atoms with E-state index in [0.29, 0.717) is 16.9 Å². The van der Waals surface area contributed by atoms with Gasteiger partial charge in [-0.15, -0.1) is 0 Å². The van der Waals surface area contributed by atoms with Gasteiger partial charge in [0.15, 0.2) is 0 Å². The van der Waals surface area contributed by atoms with Crippen molar-refractivity contribution < 1.29 is 14.3 Å². The number of rotatable bonds is 4. The molecule has 2 amide bonds. The third kappa shape index (κ3) is 3.30. The van der Waals surface area contributed by atoms with Gasteiger partial charge in [0.1, 0.15) is 11.6 Å². The molecule has 2 heterocycles. The van der Waals surface area contributed by atoms with Gasteiger partial charge in [0.25, 0.3) is 5.91 Å².